The fourth-order valence-electron chi connectivity index (χ4n) is 3.49. The van der Waals surface area contributed by atoms with Gasteiger partial charge in [-0.2, -0.15) is 26.3 Å². The summed E-state index contributed by atoms with van der Waals surface area (Å²) in [6.07, 6.45) is -10.6. The van der Waals surface area contributed by atoms with Crippen molar-refractivity contribution in [2.75, 3.05) is 19.3 Å². The van der Waals surface area contributed by atoms with E-state index in [1.165, 1.54) is 17.0 Å². The summed E-state index contributed by atoms with van der Waals surface area (Å²) >= 11 is 0. The Morgan fingerprint density at radius 2 is 1.72 bits per heavy atom. The third-order valence-electron chi connectivity index (χ3n) is 5.57. The molecule has 1 amide bonds. The molecule has 13 heteroatoms. The molecule has 36 heavy (non-hydrogen) atoms. The van der Waals surface area contributed by atoms with E-state index >= 15 is 0 Å². The molecule has 1 aliphatic heterocycles. The molecule has 0 aliphatic carbocycles. The van der Waals surface area contributed by atoms with Gasteiger partial charge in [0.05, 0.1) is 28.7 Å². The summed E-state index contributed by atoms with van der Waals surface area (Å²) in [5, 5.41) is 0. The first-order valence-corrected chi connectivity index (χ1v) is 12.6. The van der Waals surface area contributed by atoms with Crippen LogP contribution < -0.4 is 4.74 Å². The molecule has 3 rings (SSSR count). The van der Waals surface area contributed by atoms with Crippen molar-refractivity contribution in [2.45, 2.75) is 49.4 Å². The largest absolute Gasteiger partial charge is 0.480 e. The zero-order valence-corrected chi connectivity index (χ0v) is 20.0. The number of benzene rings is 2. The van der Waals surface area contributed by atoms with Crippen molar-refractivity contribution in [2.24, 2.45) is 0 Å². The quantitative estimate of drug-likeness (QED) is 0.470. The standard InChI is InChI=1S/C23H23F6NO5S/c1-14(22(24,25)26)35-20-8-7-18(36(2,32)33)11-19(20)21(31)30-10-9-17(12-30)34-13-15-3-5-16(6-4-15)23(27,28)29/h3-8,11,14,17H,9-10,12-13H2,1-2H3. The fourth-order valence-corrected chi connectivity index (χ4v) is 4.14. The molecule has 0 spiro atoms. The molecule has 2 unspecified atom stereocenters. The van der Waals surface area contributed by atoms with Crippen LogP contribution in [0.25, 0.3) is 0 Å². The second kappa shape index (κ2) is 10.3. The normalized spacial score (nSPS) is 17.8. The van der Waals surface area contributed by atoms with Gasteiger partial charge in [0.1, 0.15) is 5.75 Å². The van der Waals surface area contributed by atoms with Gasteiger partial charge in [0.2, 0.25) is 0 Å². The second-order valence-corrected chi connectivity index (χ2v) is 10.4. The average Bonchev–Trinajstić information content (AvgIpc) is 3.25. The molecule has 0 radical (unpaired) electrons. The van der Waals surface area contributed by atoms with Gasteiger partial charge >= 0.3 is 12.4 Å². The Morgan fingerprint density at radius 1 is 1.08 bits per heavy atom. The summed E-state index contributed by atoms with van der Waals surface area (Å²) in [5.41, 5.74) is -0.638. The molecule has 0 bridgehead atoms. The van der Waals surface area contributed by atoms with Crippen LogP contribution in [-0.2, 0) is 27.4 Å². The highest BCUT2D eigenvalue weighted by atomic mass is 32.2. The topological polar surface area (TPSA) is 72.9 Å². The lowest BCUT2D eigenvalue weighted by Crippen LogP contribution is -2.34. The fraction of sp³-hybridized carbons (Fsp3) is 0.435. The number of alkyl halides is 6. The van der Waals surface area contributed by atoms with Crippen LogP contribution in [-0.4, -0.2) is 57.0 Å². The van der Waals surface area contributed by atoms with Gasteiger partial charge in [-0.15, -0.1) is 0 Å². The number of nitrogens with zero attached hydrogens (tertiary/aromatic N) is 1. The van der Waals surface area contributed by atoms with Crippen LogP contribution in [0, 0.1) is 0 Å². The maximum atomic E-state index is 13.1. The summed E-state index contributed by atoms with van der Waals surface area (Å²) in [6.45, 7) is 0.982. The summed E-state index contributed by atoms with van der Waals surface area (Å²) in [7, 11) is -3.76. The summed E-state index contributed by atoms with van der Waals surface area (Å²) in [5.74, 6) is -1.14. The third kappa shape index (κ3) is 6.90. The van der Waals surface area contributed by atoms with Gasteiger partial charge in [0, 0.05) is 19.3 Å². The number of carbonyl (C=O) groups is 1. The molecule has 1 heterocycles. The second-order valence-electron chi connectivity index (χ2n) is 8.40. The monoisotopic (exact) mass is 539 g/mol. The Morgan fingerprint density at radius 3 is 2.28 bits per heavy atom. The number of amides is 1. The van der Waals surface area contributed by atoms with Gasteiger partial charge in [-0.1, -0.05) is 12.1 Å². The zero-order chi connectivity index (χ0) is 26.9. The van der Waals surface area contributed by atoms with E-state index in [0.717, 1.165) is 43.5 Å². The summed E-state index contributed by atoms with van der Waals surface area (Å²) in [6, 6.07) is 7.48. The van der Waals surface area contributed by atoms with E-state index in [-0.39, 0.29) is 30.2 Å². The van der Waals surface area contributed by atoms with Crippen molar-refractivity contribution in [1.29, 1.82) is 0 Å². The van der Waals surface area contributed by atoms with E-state index in [9.17, 15) is 39.6 Å². The van der Waals surface area contributed by atoms with Crippen LogP contribution in [0.5, 0.6) is 5.75 Å². The van der Waals surface area contributed by atoms with Gasteiger partial charge < -0.3 is 14.4 Å². The molecule has 2 atom stereocenters. The van der Waals surface area contributed by atoms with Gasteiger partial charge in [0.25, 0.3) is 5.91 Å². The van der Waals surface area contributed by atoms with Gasteiger partial charge in [-0.25, -0.2) is 8.42 Å². The van der Waals surface area contributed by atoms with E-state index in [2.05, 4.69) is 0 Å². The lowest BCUT2D eigenvalue weighted by molar-refractivity contribution is -0.189. The predicted octanol–water partition coefficient (Wildman–Crippen LogP) is 4.87. The van der Waals surface area contributed by atoms with Gasteiger partial charge in [-0.3, -0.25) is 4.79 Å². The molecule has 1 saturated heterocycles. The number of likely N-dealkylation sites (tertiary alicyclic amines) is 1. The maximum absolute atomic E-state index is 13.1. The average molecular weight is 539 g/mol. The molecule has 2 aromatic rings. The lowest BCUT2D eigenvalue weighted by atomic mass is 10.1. The molecule has 0 saturated carbocycles. The number of hydrogen-bond acceptors (Lipinski definition) is 5. The lowest BCUT2D eigenvalue weighted by Gasteiger charge is -2.22. The van der Waals surface area contributed by atoms with Crippen LogP contribution in [0.1, 0.15) is 34.8 Å². The minimum atomic E-state index is -4.71. The number of rotatable bonds is 7. The highest BCUT2D eigenvalue weighted by Gasteiger charge is 2.39. The number of ether oxygens (including phenoxy) is 2. The van der Waals surface area contributed by atoms with Crippen LogP contribution in [0.3, 0.4) is 0 Å². The first-order chi connectivity index (χ1) is 16.6. The van der Waals surface area contributed by atoms with Crippen molar-refractivity contribution in [3.8, 4) is 5.75 Å². The molecular formula is C23H23F6NO5S. The minimum Gasteiger partial charge on any atom is -0.480 e. The van der Waals surface area contributed by atoms with E-state index in [4.69, 9.17) is 9.47 Å². The van der Waals surface area contributed by atoms with Crippen molar-refractivity contribution < 1.29 is 49.0 Å². The summed E-state index contributed by atoms with van der Waals surface area (Å²) < 4.78 is 112. The van der Waals surface area contributed by atoms with Crippen molar-refractivity contribution >= 4 is 15.7 Å². The third-order valence-corrected chi connectivity index (χ3v) is 6.68. The van der Waals surface area contributed by atoms with E-state index in [1.807, 2.05) is 0 Å². The Kier molecular flexibility index (Phi) is 7.94. The Labute approximate surface area is 203 Å². The van der Waals surface area contributed by atoms with Crippen molar-refractivity contribution in [1.82, 2.24) is 4.90 Å². The van der Waals surface area contributed by atoms with Crippen molar-refractivity contribution in [3.05, 3.63) is 59.2 Å². The van der Waals surface area contributed by atoms with E-state index in [1.54, 1.807) is 0 Å². The molecule has 0 N–H and O–H groups in total. The summed E-state index contributed by atoms with van der Waals surface area (Å²) in [4.78, 5) is 14.2. The minimum absolute atomic E-state index is 0.00808. The van der Waals surface area contributed by atoms with Gasteiger partial charge in [-0.05, 0) is 49.2 Å². The molecule has 2 aromatic carbocycles. The molecule has 0 aromatic heterocycles. The molecule has 6 nitrogen and oxygen atoms in total. The predicted molar refractivity (Wildman–Crippen MR) is 116 cm³/mol. The van der Waals surface area contributed by atoms with Gasteiger partial charge in [0.15, 0.2) is 15.9 Å². The van der Waals surface area contributed by atoms with E-state index in [0.29, 0.717) is 12.0 Å². The van der Waals surface area contributed by atoms with Crippen LogP contribution >= 0.6 is 0 Å². The maximum Gasteiger partial charge on any atom is 0.425 e. The Hall–Kier alpha value is -2.80. The van der Waals surface area contributed by atoms with Crippen LogP contribution in [0.2, 0.25) is 0 Å². The molecule has 1 fully saturated rings. The van der Waals surface area contributed by atoms with Crippen LogP contribution in [0.4, 0.5) is 26.3 Å². The first kappa shape index (κ1) is 27.8. The van der Waals surface area contributed by atoms with E-state index < -0.39 is 51.6 Å². The van der Waals surface area contributed by atoms with Crippen LogP contribution in [0.15, 0.2) is 47.4 Å². The molecule has 198 valence electrons. The number of sulfone groups is 1. The number of halogens is 6. The number of hydrogen-bond donors (Lipinski definition) is 0. The highest BCUT2D eigenvalue weighted by molar-refractivity contribution is 7.90. The SMILES string of the molecule is CC(Oc1ccc(S(C)(=O)=O)cc1C(=O)N1CCC(OCc2ccc(C(F)(F)F)cc2)C1)C(F)(F)F. The zero-order valence-electron chi connectivity index (χ0n) is 19.2. The first-order valence-electron chi connectivity index (χ1n) is 10.7. The van der Waals surface area contributed by atoms with Crippen molar-refractivity contribution in [3.63, 3.8) is 0 Å². The Balaban J connectivity index is 1.72. The highest BCUT2D eigenvalue weighted by Crippen LogP contribution is 2.31. The smallest absolute Gasteiger partial charge is 0.425 e. The molecular weight excluding hydrogens is 516 g/mol. The Bertz CT molecular complexity index is 1190. The molecule has 1 aliphatic rings. The number of carbonyl (C=O) groups excluding carboxylic acids is 1.